The summed E-state index contributed by atoms with van der Waals surface area (Å²) in [5.41, 5.74) is 0.391. The molecule has 2 aliphatic rings. The zero-order valence-corrected chi connectivity index (χ0v) is 15.2. The van der Waals surface area contributed by atoms with Crippen molar-refractivity contribution in [1.82, 2.24) is 4.98 Å². The number of nitrogens with zero attached hydrogens (tertiary/aromatic N) is 2. The van der Waals surface area contributed by atoms with E-state index < -0.39 is 10.0 Å². The van der Waals surface area contributed by atoms with Gasteiger partial charge in [0.25, 0.3) is 10.0 Å². The Morgan fingerprint density at radius 2 is 1.65 bits per heavy atom. The van der Waals surface area contributed by atoms with E-state index in [1.807, 2.05) is 12.2 Å². The van der Waals surface area contributed by atoms with Gasteiger partial charge in [-0.05, 0) is 37.1 Å². The number of fused-ring (bicyclic) bond motifs is 1. The van der Waals surface area contributed by atoms with Gasteiger partial charge in [0, 0.05) is 11.6 Å². The molecule has 1 aliphatic carbocycles. The highest BCUT2D eigenvalue weighted by atomic mass is 32.2. The number of nitrogens with one attached hydrogen (secondary N) is 1. The van der Waals surface area contributed by atoms with Crippen LogP contribution >= 0.6 is 11.3 Å². The predicted octanol–water partition coefficient (Wildman–Crippen LogP) is 2.40. The number of hydrogen-bond donors (Lipinski definition) is 1. The van der Waals surface area contributed by atoms with Crippen molar-refractivity contribution in [3.63, 3.8) is 0 Å². The second-order valence-electron chi connectivity index (χ2n) is 6.10. The first-order chi connectivity index (χ1) is 12.5. The molecule has 1 aromatic carbocycles. The number of anilines is 2. The number of imide groups is 1. The topological polar surface area (TPSA) is 96.4 Å². The van der Waals surface area contributed by atoms with Gasteiger partial charge in [0.05, 0.1) is 22.4 Å². The molecular weight excluding hydrogens is 374 g/mol. The van der Waals surface area contributed by atoms with Gasteiger partial charge >= 0.3 is 0 Å². The molecule has 1 aliphatic heterocycles. The third-order valence-corrected chi connectivity index (χ3v) is 6.74. The van der Waals surface area contributed by atoms with E-state index in [1.54, 1.807) is 5.38 Å². The lowest BCUT2D eigenvalue weighted by atomic mass is 9.85. The summed E-state index contributed by atoms with van der Waals surface area (Å²) in [4.78, 5) is 30.3. The van der Waals surface area contributed by atoms with E-state index in [1.165, 1.54) is 46.7 Å². The molecular formula is C17H15N3O4S2. The lowest BCUT2D eigenvalue weighted by Crippen LogP contribution is -2.30. The van der Waals surface area contributed by atoms with Gasteiger partial charge < -0.3 is 0 Å². The van der Waals surface area contributed by atoms with Crippen LogP contribution in [0, 0.1) is 11.8 Å². The maximum Gasteiger partial charge on any atom is 0.263 e. The maximum absolute atomic E-state index is 12.6. The van der Waals surface area contributed by atoms with Crippen molar-refractivity contribution in [1.29, 1.82) is 0 Å². The van der Waals surface area contributed by atoms with Crippen LogP contribution < -0.4 is 9.62 Å². The Balaban J connectivity index is 1.58. The SMILES string of the molecule is O=C1C2CC=CCC2C(=O)N1c1ccc(S(=O)(=O)Nc2nccs2)cc1. The zero-order valence-electron chi connectivity index (χ0n) is 13.5. The Kier molecular flexibility index (Phi) is 4.12. The summed E-state index contributed by atoms with van der Waals surface area (Å²) in [6.07, 6.45) is 6.49. The first-order valence-electron chi connectivity index (χ1n) is 8.02. The first-order valence-corrected chi connectivity index (χ1v) is 10.4. The fraction of sp³-hybridized carbons (Fsp3) is 0.235. The van der Waals surface area contributed by atoms with E-state index in [0.29, 0.717) is 18.5 Å². The second kappa shape index (κ2) is 6.33. The van der Waals surface area contributed by atoms with Gasteiger partial charge in [-0.25, -0.2) is 13.4 Å². The summed E-state index contributed by atoms with van der Waals surface area (Å²) in [5.74, 6) is -1.08. The molecule has 2 amide bonds. The zero-order chi connectivity index (χ0) is 18.3. The van der Waals surface area contributed by atoms with Crippen LogP contribution in [0.1, 0.15) is 12.8 Å². The van der Waals surface area contributed by atoms with E-state index in [4.69, 9.17) is 0 Å². The molecule has 9 heteroatoms. The number of hydrogen-bond acceptors (Lipinski definition) is 6. The quantitative estimate of drug-likeness (QED) is 0.640. The minimum atomic E-state index is -3.77. The van der Waals surface area contributed by atoms with Gasteiger partial charge in [0.1, 0.15) is 0 Å². The van der Waals surface area contributed by atoms with Crippen molar-refractivity contribution in [2.75, 3.05) is 9.62 Å². The number of carbonyl (C=O) groups is 2. The Labute approximate surface area is 154 Å². The number of sulfonamides is 1. The molecule has 1 fully saturated rings. The number of amides is 2. The average molecular weight is 389 g/mol. The molecule has 7 nitrogen and oxygen atoms in total. The van der Waals surface area contributed by atoms with Gasteiger partial charge in [0.15, 0.2) is 5.13 Å². The fourth-order valence-corrected chi connectivity index (χ4v) is 5.07. The van der Waals surface area contributed by atoms with Crippen LogP contribution in [0.5, 0.6) is 0 Å². The van der Waals surface area contributed by atoms with E-state index in [-0.39, 0.29) is 33.7 Å². The molecule has 0 spiro atoms. The Morgan fingerprint density at radius 1 is 1.04 bits per heavy atom. The molecule has 26 heavy (non-hydrogen) atoms. The molecule has 0 radical (unpaired) electrons. The first kappa shape index (κ1) is 16.9. The van der Waals surface area contributed by atoms with Crippen molar-refractivity contribution in [3.05, 3.63) is 48.0 Å². The summed E-state index contributed by atoms with van der Waals surface area (Å²) >= 11 is 1.18. The Bertz CT molecular complexity index is 956. The van der Waals surface area contributed by atoms with Crippen LogP contribution in [0.3, 0.4) is 0 Å². The molecule has 1 aromatic heterocycles. The average Bonchev–Trinajstić information content (AvgIpc) is 3.22. The van der Waals surface area contributed by atoms with E-state index >= 15 is 0 Å². The third kappa shape index (κ3) is 2.82. The highest BCUT2D eigenvalue weighted by Crippen LogP contribution is 2.37. The summed E-state index contributed by atoms with van der Waals surface area (Å²) < 4.78 is 27.1. The number of aromatic nitrogens is 1. The summed E-state index contributed by atoms with van der Waals surface area (Å²) in [6.45, 7) is 0. The molecule has 2 atom stereocenters. The van der Waals surface area contributed by atoms with Gasteiger partial charge in [-0.1, -0.05) is 12.2 Å². The lowest BCUT2D eigenvalue weighted by molar-refractivity contribution is -0.122. The van der Waals surface area contributed by atoms with E-state index in [2.05, 4.69) is 9.71 Å². The van der Waals surface area contributed by atoms with E-state index in [0.717, 1.165) is 0 Å². The van der Waals surface area contributed by atoms with Crippen molar-refractivity contribution in [3.8, 4) is 0 Å². The highest BCUT2D eigenvalue weighted by molar-refractivity contribution is 7.93. The molecule has 2 unspecified atom stereocenters. The summed E-state index contributed by atoms with van der Waals surface area (Å²) in [7, 11) is -3.77. The fourth-order valence-electron chi connectivity index (χ4n) is 3.28. The molecule has 1 saturated heterocycles. The molecule has 1 N–H and O–H groups in total. The summed E-state index contributed by atoms with van der Waals surface area (Å²) in [6, 6.07) is 5.73. The van der Waals surface area contributed by atoms with Crippen LogP contribution in [-0.4, -0.2) is 25.2 Å². The number of benzene rings is 1. The molecule has 2 heterocycles. The second-order valence-corrected chi connectivity index (χ2v) is 8.68. The van der Waals surface area contributed by atoms with Crippen LogP contribution in [0.25, 0.3) is 0 Å². The standard InChI is InChI=1S/C17H15N3O4S2/c21-15-13-3-1-2-4-14(13)16(22)20(15)11-5-7-12(8-6-11)26(23,24)19-17-18-9-10-25-17/h1-2,5-10,13-14H,3-4H2,(H,18,19). The molecule has 134 valence electrons. The number of thiazole rings is 1. The van der Waals surface area contributed by atoms with Crippen molar-refractivity contribution in [2.24, 2.45) is 11.8 Å². The monoisotopic (exact) mass is 389 g/mol. The minimum absolute atomic E-state index is 0.0367. The molecule has 2 aromatic rings. The van der Waals surface area contributed by atoms with Crippen LogP contribution in [0.2, 0.25) is 0 Å². The predicted molar refractivity (Wildman–Crippen MR) is 97.2 cm³/mol. The van der Waals surface area contributed by atoms with Crippen molar-refractivity contribution >= 4 is 44.0 Å². The third-order valence-electron chi connectivity index (χ3n) is 4.57. The lowest BCUT2D eigenvalue weighted by Gasteiger charge is -2.15. The number of carbonyl (C=O) groups excluding carboxylic acids is 2. The van der Waals surface area contributed by atoms with Crippen molar-refractivity contribution < 1.29 is 18.0 Å². The van der Waals surface area contributed by atoms with Gasteiger partial charge in [-0.2, -0.15) is 0 Å². The summed E-state index contributed by atoms with van der Waals surface area (Å²) in [5, 5.41) is 1.94. The van der Waals surface area contributed by atoms with E-state index in [9.17, 15) is 18.0 Å². The van der Waals surface area contributed by atoms with Crippen LogP contribution in [0.15, 0.2) is 52.9 Å². The minimum Gasteiger partial charge on any atom is -0.274 e. The van der Waals surface area contributed by atoms with Gasteiger partial charge in [-0.15, -0.1) is 11.3 Å². The van der Waals surface area contributed by atoms with Gasteiger partial charge in [0.2, 0.25) is 11.8 Å². The molecule has 0 saturated carbocycles. The Hall–Kier alpha value is -2.52. The van der Waals surface area contributed by atoms with Crippen molar-refractivity contribution in [2.45, 2.75) is 17.7 Å². The van der Waals surface area contributed by atoms with Gasteiger partial charge in [-0.3, -0.25) is 19.2 Å². The Morgan fingerprint density at radius 3 is 2.19 bits per heavy atom. The van der Waals surface area contributed by atoms with Crippen LogP contribution in [-0.2, 0) is 19.6 Å². The largest absolute Gasteiger partial charge is 0.274 e. The highest BCUT2D eigenvalue weighted by Gasteiger charge is 2.47. The smallest absolute Gasteiger partial charge is 0.263 e. The normalized spacial score (nSPS) is 22.5. The maximum atomic E-state index is 12.6. The molecule has 0 bridgehead atoms. The van der Waals surface area contributed by atoms with Crippen LogP contribution in [0.4, 0.5) is 10.8 Å². The number of allylic oxidation sites excluding steroid dienone is 2. The number of rotatable bonds is 4. The molecule has 4 rings (SSSR count).